The van der Waals surface area contributed by atoms with Gasteiger partial charge in [0.05, 0.1) is 17.1 Å². The molecule has 0 aliphatic heterocycles. The summed E-state index contributed by atoms with van der Waals surface area (Å²) in [5.74, 6) is 0. The van der Waals surface area contributed by atoms with E-state index in [0.717, 1.165) is 22.2 Å². The van der Waals surface area contributed by atoms with Gasteiger partial charge in [-0.1, -0.05) is 32.4 Å². The molecule has 18 heavy (non-hydrogen) atoms. The zero-order valence-electron chi connectivity index (χ0n) is 11.0. The van der Waals surface area contributed by atoms with Crippen molar-refractivity contribution in [2.75, 3.05) is 0 Å². The second-order valence-electron chi connectivity index (χ2n) is 5.54. The van der Waals surface area contributed by atoms with Crippen LogP contribution in [0.1, 0.15) is 37.6 Å². The Bertz CT molecular complexity index is 661. The van der Waals surface area contributed by atoms with E-state index < -0.39 is 0 Å². The molecular weight excluding hydrogens is 244 g/mol. The van der Waals surface area contributed by atoms with Crippen molar-refractivity contribution in [1.29, 1.82) is 5.26 Å². The van der Waals surface area contributed by atoms with Crippen LogP contribution in [0, 0.1) is 18.3 Å². The zero-order valence-corrected chi connectivity index (χ0v) is 11.8. The number of aromatic nitrogens is 1. The van der Waals surface area contributed by atoms with E-state index in [-0.39, 0.29) is 5.41 Å². The Morgan fingerprint density at radius 2 is 1.89 bits per heavy atom. The van der Waals surface area contributed by atoms with Gasteiger partial charge in [-0.15, -0.1) is 0 Å². The Morgan fingerprint density at radius 3 is 2.44 bits per heavy atom. The molecule has 3 heteroatoms. The molecule has 2 aromatic rings. The van der Waals surface area contributed by atoms with E-state index in [2.05, 4.69) is 31.8 Å². The van der Waals surface area contributed by atoms with Gasteiger partial charge in [-0.3, -0.25) is 4.98 Å². The third-order valence-electron chi connectivity index (χ3n) is 2.96. The van der Waals surface area contributed by atoms with E-state index in [9.17, 15) is 5.26 Å². The van der Waals surface area contributed by atoms with Crippen LogP contribution in [0.5, 0.6) is 0 Å². The van der Waals surface area contributed by atoms with E-state index in [1.807, 2.05) is 25.1 Å². The van der Waals surface area contributed by atoms with Gasteiger partial charge in [0, 0.05) is 21.5 Å². The highest BCUT2D eigenvalue weighted by Gasteiger charge is 2.18. The second kappa shape index (κ2) is 4.26. The van der Waals surface area contributed by atoms with Gasteiger partial charge in [0.15, 0.2) is 0 Å². The lowest BCUT2D eigenvalue weighted by Crippen LogP contribution is -2.14. The topological polar surface area (TPSA) is 36.7 Å². The number of rotatable bonds is 0. The van der Waals surface area contributed by atoms with Crippen molar-refractivity contribution in [2.24, 2.45) is 0 Å². The molecular formula is C15H15ClN2. The van der Waals surface area contributed by atoms with Crippen molar-refractivity contribution in [1.82, 2.24) is 4.98 Å². The molecule has 0 fully saturated rings. The van der Waals surface area contributed by atoms with Crippen LogP contribution >= 0.6 is 11.6 Å². The standard InChI is InChI=1S/C15H15ClN2/c1-9-5-11(16)7-12-10(8-17)6-13(15(2,3)4)18-14(9)12/h5-7H,1-4H3. The molecule has 0 radical (unpaired) electrons. The molecule has 0 atom stereocenters. The Hall–Kier alpha value is -1.59. The van der Waals surface area contributed by atoms with E-state index >= 15 is 0 Å². The Kier molecular flexibility index (Phi) is 3.04. The first kappa shape index (κ1) is 12.9. The Balaban J connectivity index is 2.90. The summed E-state index contributed by atoms with van der Waals surface area (Å²) in [5.41, 5.74) is 3.35. The fourth-order valence-corrected chi connectivity index (χ4v) is 2.21. The minimum Gasteiger partial charge on any atom is -0.252 e. The molecule has 92 valence electrons. The predicted molar refractivity (Wildman–Crippen MR) is 74.9 cm³/mol. The average Bonchev–Trinajstić information content (AvgIpc) is 2.26. The second-order valence-corrected chi connectivity index (χ2v) is 5.97. The van der Waals surface area contributed by atoms with E-state index in [1.165, 1.54) is 0 Å². The van der Waals surface area contributed by atoms with Crippen molar-refractivity contribution < 1.29 is 0 Å². The lowest BCUT2D eigenvalue weighted by Gasteiger charge is -2.19. The number of pyridine rings is 1. The summed E-state index contributed by atoms with van der Waals surface area (Å²) < 4.78 is 0. The summed E-state index contributed by atoms with van der Waals surface area (Å²) in [7, 11) is 0. The molecule has 1 aromatic carbocycles. The van der Waals surface area contributed by atoms with Gasteiger partial charge in [0.2, 0.25) is 0 Å². The number of hydrogen-bond acceptors (Lipinski definition) is 2. The van der Waals surface area contributed by atoms with Crippen LogP contribution in [0.3, 0.4) is 0 Å². The molecule has 0 unspecified atom stereocenters. The molecule has 1 aromatic heterocycles. The van der Waals surface area contributed by atoms with Gasteiger partial charge in [-0.2, -0.15) is 5.26 Å². The van der Waals surface area contributed by atoms with Crippen molar-refractivity contribution in [3.05, 3.63) is 40.0 Å². The molecule has 2 rings (SSSR count). The molecule has 0 spiro atoms. The summed E-state index contributed by atoms with van der Waals surface area (Å²) in [6.45, 7) is 8.24. The predicted octanol–water partition coefficient (Wildman–Crippen LogP) is 4.37. The number of hydrogen-bond donors (Lipinski definition) is 0. The van der Waals surface area contributed by atoms with Crippen LogP contribution in [0.4, 0.5) is 0 Å². The normalized spacial score (nSPS) is 11.6. The highest BCUT2D eigenvalue weighted by Crippen LogP contribution is 2.29. The number of halogens is 1. The highest BCUT2D eigenvalue weighted by atomic mass is 35.5. The number of benzene rings is 1. The minimum absolute atomic E-state index is 0.0775. The average molecular weight is 259 g/mol. The van der Waals surface area contributed by atoms with Gasteiger partial charge >= 0.3 is 0 Å². The Labute approximate surface area is 112 Å². The third kappa shape index (κ3) is 2.19. The van der Waals surface area contributed by atoms with Crippen LogP contribution in [0.15, 0.2) is 18.2 Å². The third-order valence-corrected chi connectivity index (χ3v) is 3.18. The molecule has 0 amide bonds. The largest absolute Gasteiger partial charge is 0.252 e. The van der Waals surface area contributed by atoms with Crippen LogP contribution in [-0.4, -0.2) is 4.98 Å². The van der Waals surface area contributed by atoms with Gasteiger partial charge in [-0.05, 0) is 30.7 Å². The minimum atomic E-state index is -0.0775. The highest BCUT2D eigenvalue weighted by molar-refractivity contribution is 6.31. The molecule has 0 N–H and O–H groups in total. The van der Waals surface area contributed by atoms with Crippen molar-refractivity contribution in [3.8, 4) is 6.07 Å². The Morgan fingerprint density at radius 1 is 1.22 bits per heavy atom. The van der Waals surface area contributed by atoms with Crippen molar-refractivity contribution in [3.63, 3.8) is 0 Å². The van der Waals surface area contributed by atoms with E-state index in [4.69, 9.17) is 11.6 Å². The SMILES string of the molecule is Cc1cc(Cl)cc2c(C#N)cc(C(C)(C)C)nc12. The molecule has 0 saturated heterocycles. The maximum absolute atomic E-state index is 9.29. The molecule has 1 heterocycles. The number of nitrogens with zero attached hydrogens (tertiary/aromatic N) is 2. The van der Waals surface area contributed by atoms with Gasteiger partial charge in [0.25, 0.3) is 0 Å². The first-order valence-corrected chi connectivity index (χ1v) is 6.22. The molecule has 0 aliphatic carbocycles. The summed E-state index contributed by atoms with van der Waals surface area (Å²) in [6, 6.07) is 7.78. The summed E-state index contributed by atoms with van der Waals surface area (Å²) in [6.07, 6.45) is 0. The summed E-state index contributed by atoms with van der Waals surface area (Å²) >= 11 is 6.05. The number of nitriles is 1. The van der Waals surface area contributed by atoms with Crippen LogP contribution in [0.25, 0.3) is 10.9 Å². The first-order valence-electron chi connectivity index (χ1n) is 5.84. The van der Waals surface area contributed by atoms with E-state index in [1.54, 1.807) is 0 Å². The first-order chi connectivity index (χ1) is 8.32. The van der Waals surface area contributed by atoms with E-state index in [0.29, 0.717) is 10.6 Å². The maximum Gasteiger partial charge on any atom is 0.0999 e. The smallest absolute Gasteiger partial charge is 0.0999 e. The quantitative estimate of drug-likeness (QED) is 0.704. The summed E-state index contributed by atoms with van der Waals surface area (Å²) in [5, 5.41) is 10.8. The number of fused-ring (bicyclic) bond motifs is 1. The zero-order chi connectivity index (χ0) is 13.5. The summed E-state index contributed by atoms with van der Waals surface area (Å²) in [4.78, 5) is 4.69. The lowest BCUT2D eigenvalue weighted by molar-refractivity contribution is 0.571. The molecule has 0 aliphatic rings. The van der Waals surface area contributed by atoms with Crippen molar-refractivity contribution in [2.45, 2.75) is 33.1 Å². The van der Waals surface area contributed by atoms with Crippen molar-refractivity contribution >= 4 is 22.5 Å². The van der Waals surface area contributed by atoms with Crippen LogP contribution < -0.4 is 0 Å². The van der Waals surface area contributed by atoms with Gasteiger partial charge in [-0.25, -0.2) is 0 Å². The van der Waals surface area contributed by atoms with Crippen LogP contribution in [-0.2, 0) is 5.41 Å². The molecule has 0 saturated carbocycles. The van der Waals surface area contributed by atoms with Gasteiger partial charge < -0.3 is 0 Å². The van der Waals surface area contributed by atoms with Crippen LogP contribution in [0.2, 0.25) is 5.02 Å². The monoisotopic (exact) mass is 258 g/mol. The fraction of sp³-hybridized carbons (Fsp3) is 0.333. The van der Waals surface area contributed by atoms with Gasteiger partial charge in [0.1, 0.15) is 0 Å². The molecule has 2 nitrogen and oxygen atoms in total. The maximum atomic E-state index is 9.29. The lowest BCUT2D eigenvalue weighted by atomic mass is 9.89. The molecule has 0 bridgehead atoms. The number of aryl methyl sites for hydroxylation is 1. The fourth-order valence-electron chi connectivity index (χ4n) is 1.93.